The minimum atomic E-state index is -4.89. The third-order valence-corrected chi connectivity index (χ3v) is 3.66. The van der Waals surface area contributed by atoms with Crippen LogP contribution >= 0.6 is 0 Å². The molecule has 138 valence electrons. The highest BCUT2D eigenvalue weighted by atomic mass is 19.4. The van der Waals surface area contributed by atoms with Gasteiger partial charge < -0.3 is 14.5 Å². The first-order chi connectivity index (χ1) is 11.5. The van der Waals surface area contributed by atoms with E-state index in [1.165, 1.54) is 12.1 Å². The lowest BCUT2D eigenvalue weighted by Gasteiger charge is -2.36. The van der Waals surface area contributed by atoms with E-state index >= 15 is 0 Å². The van der Waals surface area contributed by atoms with Crippen LogP contribution in [0, 0.1) is 0 Å². The van der Waals surface area contributed by atoms with Gasteiger partial charge in [-0.15, -0.1) is 0 Å². The Kier molecular flexibility index (Phi) is 5.29. The molecule has 25 heavy (non-hydrogen) atoms. The monoisotopic (exact) mass is 358 g/mol. The van der Waals surface area contributed by atoms with Crippen molar-refractivity contribution in [2.24, 2.45) is 0 Å². The summed E-state index contributed by atoms with van der Waals surface area (Å²) in [4.78, 5) is 26.8. The van der Waals surface area contributed by atoms with Gasteiger partial charge in [0.25, 0.3) is 5.78 Å². The third-order valence-electron chi connectivity index (χ3n) is 3.66. The van der Waals surface area contributed by atoms with E-state index in [1.807, 2.05) is 4.90 Å². The average Bonchev–Trinajstić information content (AvgIpc) is 2.52. The Morgan fingerprint density at radius 2 is 1.64 bits per heavy atom. The Morgan fingerprint density at radius 1 is 1.04 bits per heavy atom. The summed E-state index contributed by atoms with van der Waals surface area (Å²) in [6.45, 7) is 7.03. The number of piperazine rings is 1. The summed E-state index contributed by atoms with van der Waals surface area (Å²) in [5.74, 6) is -1.86. The molecule has 1 fully saturated rings. The van der Waals surface area contributed by atoms with Gasteiger partial charge in [0.1, 0.15) is 5.60 Å². The fourth-order valence-corrected chi connectivity index (χ4v) is 2.48. The standard InChI is InChI=1S/C17H21F3N2O3/c1-16(2,3)25-15(24)22-9-7-21(8-10-22)13-6-4-5-12(11-13)14(23)17(18,19)20/h4-6,11H,7-10H2,1-3H3. The molecule has 1 heterocycles. The van der Waals surface area contributed by atoms with Gasteiger partial charge in [-0.3, -0.25) is 4.79 Å². The number of carbonyl (C=O) groups is 2. The second kappa shape index (κ2) is 6.93. The van der Waals surface area contributed by atoms with Gasteiger partial charge in [-0.1, -0.05) is 12.1 Å². The SMILES string of the molecule is CC(C)(C)OC(=O)N1CCN(c2cccc(C(=O)C(F)(F)F)c2)CC1. The molecular weight excluding hydrogens is 337 g/mol. The predicted octanol–water partition coefficient (Wildman–Crippen LogP) is 3.49. The van der Waals surface area contributed by atoms with E-state index in [9.17, 15) is 22.8 Å². The zero-order valence-electron chi connectivity index (χ0n) is 14.4. The number of carbonyl (C=O) groups excluding carboxylic acids is 2. The lowest BCUT2D eigenvalue weighted by molar-refractivity contribution is -0.0885. The Balaban J connectivity index is 2.02. The van der Waals surface area contributed by atoms with Crippen LogP contribution in [0.2, 0.25) is 0 Å². The zero-order valence-corrected chi connectivity index (χ0v) is 14.4. The van der Waals surface area contributed by atoms with Crippen molar-refractivity contribution in [3.63, 3.8) is 0 Å². The lowest BCUT2D eigenvalue weighted by Crippen LogP contribution is -2.50. The first kappa shape index (κ1) is 19.1. The Labute approximate surface area is 144 Å². The van der Waals surface area contributed by atoms with Crippen LogP contribution in [0.3, 0.4) is 0 Å². The minimum absolute atomic E-state index is 0.389. The molecule has 0 spiro atoms. The van der Waals surface area contributed by atoms with Crippen molar-refractivity contribution >= 4 is 17.6 Å². The lowest BCUT2D eigenvalue weighted by atomic mass is 10.1. The highest BCUT2D eigenvalue weighted by Gasteiger charge is 2.39. The molecule has 0 aliphatic carbocycles. The van der Waals surface area contributed by atoms with Crippen molar-refractivity contribution < 1.29 is 27.5 Å². The molecule has 2 rings (SSSR count). The number of rotatable bonds is 2. The average molecular weight is 358 g/mol. The van der Waals surface area contributed by atoms with Gasteiger partial charge >= 0.3 is 12.3 Å². The van der Waals surface area contributed by atoms with Gasteiger partial charge in [-0.05, 0) is 32.9 Å². The molecule has 0 saturated carbocycles. The number of benzene rings is 1. The van der Waals surface area contributed by atoms with Crippen LogP contribution in [0.25, 0.3) is 0 Å². The third kappa shape index (κ3) is 5.11. The number of ether oxygens (including phenoxy) is 1. The molecule has 0 N–H and O–H groups in total. The number of amides is 1. The maximum absolute atomic E-state index is 12.6. The van der Waals surface area contributed by atoms with E-state index in [0.717, 1.165) is 6.07 Å². The number of alkyl halides is 3. The summed E-state index contributed by atoms with van der Waals surface area (Å²) in [6.07, 6.45) is -5.30. The first-order valence-corrected chi connectivity index (χ1v) is 7.92. The predicted molar refractivity (Wildman–Crippen MR) is 86.8 cm³/mol. The number of anilines is 1. The van der Waals surface area contributed by atoms with E-state index in [0.29, 0.717) is 31.9 Å². The topological polar surface area (TPSA) is 49.9 Å². The maximum Gasteiger partial charge on any atom is 0.454 e. The summed E-state index contributed by atoms with van der Waals surface area (Å²) >= 11 is 0. The molecule has 0 radical (unpaired) electrons. The van der Waals surface area contributed by atoms with Crippen molar-refractivity contribution in [3.8, 4) is 0 Å². The Morgan fingerprint density at radius 3 is 2.16 bits per heavy atom. The molecule has 1 aliphatic heterocycles. The molecular formula is C17H21F3N2O3. The van der Waals surface area contributed by atoms with E-state index < -0.39 is 23.7 Å². The van der Waals surface area contributed by atoms with Crippen LogP contribution in [0.4, 0.5) is 23.7 Å². The van der Waals surface area contributed by atoms with E-state index in [2.05, 4.69) is 0 Å². The molecule has 1 saturated heterocycles. The van der Waals surface area contributed by atoms with Crippen LogP contribution in [-0.4, -0.2) is 54.7 Å². The van der Waals surface area contributed by atoms with Crippen LogP contribution < -0.4 is 4.90 Å². The number of Topliss-reactive ketones (excluding diaryl/α,β-unsaturated/α-hetero) is 1. The second-order valence-electron chi connectivity index (χ2n) is 6.83. The molecule has 0 unspecified atom stereocenters. The van der Waals surface area contributed by atoms with Crippen molar-refractivity contribution in [3.05, 3.63) is 29.8 Å². The summed E-state index contributed by atoms with van der Waals surface area (Å²) in [7, 11) is 0. The van der Waals surface area contributed by atoms with Crippen LogP contribution in [0.1, 0.15) is 31.1 Å². The van der Waals surface area contributed by atoms with Crippen LogP contribution in [0.5, 0.6) is 0 Å². The molecule has 5 nitrogen and oxygen atoms in total. The smallest absolute Gasteiger partial charge is 0.444 e. The molecule has 1 aromatic carbocycles. The molecule has 1 amide bonds. The van der Waals surface area contributed by atoms with Gasteiger partial charge in [0.15, 0.2) is 0 Å². The molecule has 1 aliphatic rings. The van der Waals surface area contributed by atoms with Gasteiger partial charge in [0, 0.05) is 37.4 Å². The second-order valence-corrected chi connectivity index (χ2v) is 6.83. The summed E-state index contributed by atoms with van der Waals surface area (Å²) in [6, 6.07) is 5.46. The highest BCUT2D eigenvalue weighted by Crippen LogP contribution is 2.25. The van der Waals surface area contributed by atoms with Crippen molar-refractivity contribution in [1.29, 1.82) is 0 Å². The quantitative estimate of drug-likeness (QED) is 0.760. The van der Waals surface area contributed by atoms with E-state index in [4.69, 9.17) is 4.74 Å². The van der Waals surface area contributed by atoms with Crippen molar-refractivity contribution in [1.82, 2.24) is 4.90 Å². The number of nitrogens with zero attached hydrogens (tertiary/aromatic N) is 2. The first-order valence-electron chi connectivity index (χ1n) is 7.92. The normalized spacial score (nSPS) is 15.9. The Bertz CT molecular complexity index is 645. The van der Waals surface area contributed by atoms with E-state index in [-0.39, 0.29) is 5.56 Å². The van der Waals surface area contributed by atoms with Gasteiger partial charge in [-0.2, -0.15) is 13.2 Å². The van der Waals surface area contributed by atoms with Gasteiger partial charge in [0.05, 0.1) is 0 Å². The number of ketones is 1. The summed E-state index contributed by atoms with van der Waals surface area (Å²) in [5.41, 5.74) is -0.445. The zero-order chi connectivity index (χ0) is 18.8. The van der Waals surface area contributed by atoms with Crippen molar-refractivity contribution in [2.45, 2.75) is 32.5 Å². The molecule has 0 bridgehead atoms. The van der Waals surface area contributed by atoms with Crippen LogP contribution in [0.15, 0.2) is 24.3 Å². The molecule has 0 atom stereocenters. The number of halogens is 3. The van der Waals surface area contributed by atoms with Gasteiger partial charge in [-0.25, -0.2) is 4.79 Å². The number of hydrogen-bond donors (Lipinski definition) is 0. The number of hydrogen-bond acceptors (Lipinski definition) is 4. The van der Waals surface area contributed by atoms with Gasteiger partial charge in [0.2, 0.25) is 0 Å². The summed E-state index contributed by atoms with van der Waals surface area (Å²) < 4.78 is 43.0. The van der Waals surface area contributed by atoms with Crippen LogP contribution in [-0.2, 0) is 4.74 Å². The summed E-state index contributed by atoms with van der Waals surface area (Å²) in [5, 5.41) is 0. The van der Waals surface area contributed by atoms with Crippen molar-refractivity contribution in [2.75, 3.05) is 31.1 Å². The molecule has 1 aromatic rings. The molecule has 8 heteroatoms. The maximum atomic E-state index is 12.6. The Hall–Kier alpha value is -2.25. The fraction of sp³-hybridized carbons (Fsp3) is 0.529. The highest BCUT2D eigenvalue weighted by molar-refractivity contribution is 6.00. The molecule has 0 aromatic heterocycles. The van der Waals surface area contributed by atoms with E-state index in [1.54, 1.807) is 31.7 Å². The fourth-order valence-electron chi connectivity index (χ4n) is 2.48. The minimum Gasteiger partial charge on any atom is -0.444 e. The largest absolute Gasteiger partial charge is 0.454 e.